The van der Waals surface area contributed by atoms with Crippen molar-refractivity contribution in [3.63, 3.8) is 0 Å². The van der Waals surface area contributed by atoms with Crippen molar-refractivity contribution in [1.82, 2.24) is 0 Å². The standard InChI is InChI=1S/C29H25FO2.C20H18.C9H8FIO2.CH4/c1-4-32-28(31)24-14-12-21(19-27(24)30)11-10-20-13-15-26-25(18-20)23(16-17-29(26,2)3)22-8-6-5-7-9-22;1-4-15-10-11-19-18(14-15)17(12-13-20(19,2)3)16-8-6-5-7-9-16;1-2-13-9(12)7-4-3-6(11)5-8(7)10;/h5-9,12-16,18-19H,4,17H2,1-3H3;1,5-12,14H,13H2,2-3H3;3-5H,2H2,1H3;1H4. The fraction of sp³-hybridized carbons (Fsp3) is 0.220. The van der Waals surface area contributed by atoms with E-state index in [-0.39, 0.29) is 42.6 Å². The van der Waals surface area contributed by atoms with Gasteiger partial charge in [0.2, 0.25) is 0 Å². The Hall–Kier alpha value is -6.55. The molecule has 0 radical (unpaired) electrons. The van der Waals surface area contributed by atoms with Crippen LogP contribution in [-0.2, 0) is 20.3 Å². The van der Waals surface area contributed by atoms with Crippen molar-refractivity contribution in [2.24, 2.45) is 0 Å². The molecule has 2 aliphatic carbocycles. The Morgan fingerprint density at radius 3 is 1.44 bits per heavy atom. The molecule has 0 unspecified atom stereocenters. The Morgan fingerprint density at radius 2 is 1.00 bits per heavy atom. The van der Waals surface area contributed by atoms with Crippen molar-refractivity contribution in [2.75, 3.05) is 13.2 Å². The zero-order chi connectivity index (χ0) is 46.7. The normalized spacial score (nSPS) is 13.5. The maximum absolute atomic E-state index is 14.3. The van der Waals surface area contributed by atoms with Crippen molar-refractivity contribution in [1.29, 1.82) is 0 Å². The summed E-state index contributed by atoms with van der Waals surface area (Å²) < 4.78 is 37.7. The first-order valence-corrected chi connectivity index (χ1v) is 22.6. The zero-order valence-electron chi connectivity index (χ0n) is 37.5. The molecular formula is C59H55F2IO4. The summed E-state index contributed by atoms with van der Waals surface area (Å²) in [5.74, 6) is 6.48. The Kier molecular flexibility index (Phi) is 17.3. The number of carbonyl (C=O) groups excluding carboxylic acids is 2. The lowest BCUT2D eigenvalue weighted by molar-refractivity contribution is 0.0511. The van der Waals surface area contributed by atoms with Crippen LogP contribution >= 0.6 is 22.6 Å². The zero-order valence-corrected chi connectivity index (χ0v) is 39.7. The van der Waals surface area contributed by atoms with E-state index < -0.39 is 23.6 Å². The summed E-state index contributed by atoms with van der Waals surface area (Å²) in [6.45, 7) is 12.9. The second kappa shape index (κ2) is 22.6. The lowest BCUT2D eigenvalue weighted by Gasteiger charge is -2.32. The molecule has 7 heteroatoms. The van der Waals surface area contributed by atoms with Crippen molar-refractivity contribution in [3.05, 3.63) is 222 Å². The van der Waals surface area contributed by atoms with Crippen molar-refractivity contribution in [3.8, 4) is 24.2 Å². The number of esters is 2. The quantitative estimate of drug-likeness (QED) is 0.0948. The fourth-order valence-electron chi connectivity index (χ4n) is 7.79. The summed E-state index contributed by atoms with van der Waals surface area (Å²) in [7, 11) is 0. The maximum Gasteiger partial charge on any atom is 0.341 e. The summed E-state index contributed by atoms with van der Waals surface area (Å²) in [6, 6.07) is 42.3. The minimum atomic E-state index is -0.665. The molecule has 0 saturated carbocycles. The molecule has 2 aliphatic rings. The van der Waals surface area contributed by atoms with Gasteiger partial charge in [0.15, 0.2) is 0 Å². The van der Waals surface area contributed by atoms with Crippen LogP contribution in [0.15, 0.2) is 146 Å². The molecular weight excluding hydrogens is 938 g/mol. The minimum absolute atomic E-state index is 0. The molecule has 0 fully saturated rings. The van der Waals surface area contributed by atoms with E-state index in [0.29, 0.717) is 5.56 Å². The Morgan fingerprint density at radius 1 is 0.591 bits per heavy atom. The van der Waals surface area contributed by atoms with Crippen molar-refractivity contribution >= 4 is 45.7 Å². The van der Waals surface area contributed by atoms with Crippen LogP contribution < -0.4 is 0 Å². The van der Waals surface area contributed by atoms with E-state index in [2.05, 4.69) is 135 Å². The highest BCUT2D eigenvalue weighted by Gasteiger charge is 2.30. The van der Waals surface area contributed by atoms with Crippen LogP contribution in [0.3, 0.4) is 0 Å². The molecule has 0 atom stereocenters. The van der Waals surface area contributed by atoms with Gasteiger partial charge in [0, 0.05) is 20.3 Å². The van der Waals surface area contributed by atoms with E-state index in [1.165, 1.54) is 68.8 Å². The number of allylic oxidation sites excluding steroid dienone is 2. The molecule has 8 rings (SSSR count). The molecule has 0 heterocycles. The molecule has 0 spiro atoms. The summed E-state index contributed by atoms with van der Waals surface area (Å²) in [6.07, 6.45) is 12.2. The minimum Gasteiger partial charge on any atom is -0.462 e. The third kappa shape index (κ3) is 12.2. The highest BCUT2D eigenvalue weighted by Crippen LogP contribution is 2.43. The number of hydrogen-bond acceptors (Lipinski definition) is 4. The molecule has 0 saturated heterocycles. The number of benzene rings is 6. The molecule has 0 aliphatic heterocycles. The van der Waals surface area contributed by atoms with Crippen LogP contribution in [0.2, 0.25) is 0 Å². The third-order valence-corrected chi connectivity index (χ3v) is 12.0. The molecule has 336 valence electrons. The number of rotatable bonds is 6. The highest BCUT2D eigenvalue weighted by molar-refractivity contribution is 14.1. The van der Waals surface area contributed by atoms with Crippen molar-refractivity contribution in [2.45, 2.75) is 72.6 Å². The Balaban J connectivity index is 0.000000205. The molecule has 0 N–H and O–H groups in total. The largest absolute Gasteiger partial charge is 0.462 e. The highest BCUT2D eigenvalue weighted by atomic mass is 127. The summed E-state index contributed by atoms with van der Waals surface area (Å²) in [5, 5.41) is 0. The lowest BCUT2D eigenvalue weighted by atomic mass is 9.72. The van der Waals surface area contributed by atoms with Gasteiger partial charge in [-0.15, -0.1) is 6.42 Å². The van der Waals surface area contributed by atoms with Crippen LogP contribution in [0, 0.1) is 39.4 Å². The van der Waals surface area contributed by atoms with Gasteiger partial charge in [-0.25, -0.2) is 18.4 Å². The lowest BCUT2D eigenvalue weighted by Crippen LogP contribution is -2.21. The molecule has 6 aromatic rings. The number of terminal acetylenes is 1. The number of hydrogen-bond donors (Lipinski definition) is 0. The third-order valence-electron chi connectivity index (χ3n) is 11.3. The molecule has 6 aromatic carbocycles. The Bertz CT molecular complexity index is 2870. The van der Waals surface area contributed by atoms with Gasteiger partial charge < -0.3 is 9.47 Å². The second-order valence-electron chi connectivity index (χ2n) is 16.8. The van der Waals surface area contributed by atoms with E-state index in [4.69, 9.17) is 11.2 Å². The summed E-state index contributed by atoms with van der Waals surface area (Å²) in [5.41, 5.74) is 12.6. The summed E-state index contributed by atoms with van der Waals surface area (Å²) >= 11 is 1.97. The first-order valence-electron chi connectivity index (χ1n) is 21.5. The monoisotopic (exact) mass is 992 g/mol. The van der Waals surface area contributed by atoms with Crippen LogP contribution in [0.5, 0.6) is 0 Å². The first-order chi connectivity index (χ1) is 31.1. The van der Waals surface area contributed by atoms with Crippen LogP contribution in [-0.4, -0.2) is 25.2 Å². The SMILES string of the molecule is C.C#Cc1ccc2c(c1)C(c1ccccc1)=CCC2(C)C.CCOC(=O)c1ccc(C#Cc2ccc3c(c2)C(c2ccccc2)=CCC3(C)C)cc1F.CCOC(=O)c1ccc(I)cc1F. The van der Waals surface area contributed by atoms with Crippen LogP contribution in [0.4, 0.5) is 8.78 Å². The van der Waals surface area contributed by atoms with Gasteiger partial charge in [-0.05, 0) is 165 Å². The molecule has 0 bridgehead atoms. The van der Waals surface area contributed by atoms with Gasteiger partial charge in [0.25, 0.3) is 0 Å². The predicted molar refractivity (Wildman–Crippen MR) is 273 cm³/mol. The van der Waals surface area contributed by atoms with Crippen molar-refractivity contribution < 1.29 is 27.8 Å². The number of halogens is 3. The average molecular weight is 993 g/mol. The van der Waals surface area contributed by atoms with Crippen LogP contribution in [0.25, 0.3) is 11.1 Å². The van der Waals surface area contributed by atoms with E-state index >= 15 is 0 Å². The van der Waals surface area contributed by atoms with Crippen LogP contribution in [0.1, 0.15) is 133 Å². The fourth-order valence-corrected chi connectivity index (χ4v) is 8.25. The molecule has 0 amide bonds. The number of fused-ring (bicyclic) bond motifs is 2. The first kappa shape index (κ1) is 50.4. The van der Waals surface area contributed by atoms with E-state index in [9.17, 15) is 18.4 Å². The second-order valence-corrected chi connectivity index (χ2v) is 18.1. The van der Waals surface area contributed by atoms with E-state index in [0.717, 1.165) is 27.5 Å². The number of ether oxygens (including phenoxy) is 2. The molecule has 0 aromatic heterocycles. The molecule has 66 heavy (non-hydrogen) atoms. The molecule has 4 nitrogen and oxygen atoms in total. The van der Waals surface area contributed by atoms with Gasteiger partial charge in [0.05, 0.1) is 24.3 Å². The summed E-state index contributed by atoms with van der Waals surface area (Å²) in [4.78, 5) is 22.9. The topological polar surface area (TPSA) is 52.6 Å². The van der Waals surface area contributed by atoms with E-state index in [1.54, 1.807) is 26.0 Å². The van der Waals surface area contributed by atoms with E-state index in [1.807, 2.05) is 46.9 Å². The van der Waals surface area contributed by atoms with Gasteiger partial charge in [0.1, 0.15) is 11.6 Å². The number of carbonyl (C=O) groups is 2. The predicted octanol–water partition coefficient (Wildman–Crippen LogP) is 14.5. The smallest absolute Gasteiger partial charge is 0.341 e. The maximum atomic E-state index is 14.3. The average Bonchev–Trinajstić information content (AvgIpc) is 3.29. The van der Waals surface area contributed by atoms with Gasteiger partial charge >= 0.3 is 11.9 Å². The van der Waals surface area contributed by atoms with Gasteiger partial charge in [-0.1, -0.05) is 138 Å². The van der Waals surface area contributed by atoms with Gasteiger partial charge in [-0.3, -0.25) is 0 Å². The van der Waals surface area contributed by atoms with Gasteiger partial charge in [-0.2, -0.15) is 0 Å². The Labute approximate surface area is 403 Å².